The Morgan fingerprint density at radius 3 is 3.06 bits per heavy atom. The van der Waals surface area contributed by atoms with Gasteiger partial charge in [0.25, 0.3) is 0 Å². The Morgan fingerprint density at radius 1 is 1.38 bits per heavy atom. The molecule has 0 aliphatic rings. The van der Waals surface area contributed by atoms with E-state index < -0.39 is 0 Å². The highest BCUT2D eigenvalue weighted by atomic mass is 16.5. The van der Waals surface area contributed by atoms with Gasteiger partial charge in [-0.05, 0) is 29.7 Å². The molecule has 0 aliphatic carbocycles. The van der Waals surface area contributed by atoms with E-state index in [1.54, 1.807) is 13.3 Å². The Hall–Kier alpha value is -1.81. The van der Waals surface area contributed by atoms with Gasteiger partial charge in [-0.15, -0.1) is 0 Å². The van der Waals surface area contributed by atoms with E-state index in [4.69, 9.17) is 10.5 Å². The number of pyridine rings is 1. The molecule has 0 radical (unpaired) electrons. The van der Waals surface area contributed by atoms with Gasteiger partial charge in [0.1, 0.15) is 5.82 Å². The van der Waals surface area contributed by atoms with E-state index in [9.17, 15) is 0 Å². The Morgan fingerprint density at radius 2 is 2.25 bits per heavy atom. The molecule has 1 heterocycles. The van der Waals surface area contributed by atoms with E-state index >= 15 is 0 Å². The molecule has 0 atom stereocenters. The summed E-state index contributed by atoms with van der Waals surface area (Å²) < 4.78 is 4.98. The molecular weight excluding hydrogens is 202 g/mol. The van der Waals surface area contributed by atoms with Crippen molar-refractivity contribution in [3.8, 4) is 0 Å². The number of hydrogen-bond acceptors (Lipinski definition) is 4. The summed E-state index contributed by atoms with van der Waals surface area (Å²) in [6.07, 6.45) is 1.77. The largest absolute Gasteiger partial charge is 0.399 e. The molecule has 1 aromatic heterocycles. The minimum Gasteiger partial charge on any atom is -0.399 e. The molecule has 16 heavy (non-hydrogen) atoms. The number of rotatable bonds is 4. The van der Waals surface area contributed by atoms with Gasteiger partial charge in [0.2, 0.25) is 0 Å². The molecule has 0 saturated carbocycles. The van der Waals surface area contributed by atoms with Crippen LogP contribution in [0.1, 0.15) is 0 Å². The lowest BCUT2D eigenvalue weighted by atomic mass is 10.1. The Kier molecular flexibility index (Phi) is 3.22. The van der Waals surface area contributed by atoms with Gasteiger partial charge in [0.05, 0.1) is 6.61 Å². The molecule has 4 nitrogen and oxygen atoms in total. The summed E-state index contributed by atoms with van der Waals surface area (Å²) in [6, 6.07) is 7.75. The highest BCUT2D eigenvalue weighted by molar-refractivity contribution is 5.93. The van der Waals surface area contributed by atoms with Crippen molar-refractivity contribution in [2.24, 2.45) is 0 Å². The van der Waals surface area contributed by atoms with E-state index in [2.05, 4.69) is 10.3 Å². The lowest BCUT2D eigenvalue weighted by molar-refractivity contribution is 0.210. The topological polar surface area (TPSA) is 60.2 Å². The molecule has 2 aromatic rings. The smallest absolute Gasteiger partial charge is 0.133 e. The summed E-state index contributed by atoms with van der Waals surface area (Å²) in [4.78, 5) is 4.30. The highest BCUT2D eigenvalue weighted by Gasteiger charge is 2.01. The van der Waals surface area contributed by atoms with Crippen LogP contribution in [0.4, 0.5) is 11.5 Å². The zero-order valence-electron chi connectivity index (χ0n) is 9.23. The number of nitrogen functional groups attached to an aromatic ring is 1. The summed E-state index contributed by atoms with van der Waals surface area (Å²) in [7, 11) is 1.68. The van der Waals surface area contributed by atoms with E-state index in [0.29, 0.717) is 6.61 Å². The second-order valence-electron chi connectivity index (χ2n) is 3.56. The molecule has 0 spiro atoms. The Bertz CT molecular complexity index is 485. The number of hydrogen-bond donors (Lipinski definition) is 2. The number of aromatic nitrogens is 1. The first kappa shape index (κ1) is 10.7. The number of fused-ring (bicyclic) bond motifs is 1. The predicted octanol–water partition coefficient (Wildman–Crippen LogP) is 1.88. The van der Waals surface area contributed by atoms with Gasteiger partial charge in [-0.1, -0.05) is 0 Å². The number of ether oxygens (including phenoxy) is 1. The predicted molar refractivity (Wildman–Crippen MR) is 66.5 cm³/mol. The summed E-state index contributed by atoms with van der Waals surface area (Å²) in [6.45, 7) is 1.40. The van der Waals surface area contributed by atoms with Crippen LogP contribution in [-0.2, 0) is 4.74 Å². The van der Waals surface area contributed by atoms with Crippen LogP contribution in [-0.4, -0.2) is 25.2 Å². The maximum Gasteiger partial charge on any atom is 0.133 e. The van der Waals surface area contributed by atoms with Gasteiger partial charge < -0.3 is 15.8 Å². The third-order valence-corrected chi connectivity index (χ3v) is 2.39. The number of methoxy groups -OCH3 is 1. The fraction of sp³-hybridized carbons (Fsp3) is 0.250. The SMILES string of the molecule is COCCNc1nccc2cc(N)ccc12. The fourth-order valence-corrected chi connectivity index (χ4v) is 1.61. The number of nitrogens with zero attached hydrogens (tertiary/aromatic N) is 1. The second-order valence-corrected chi connectivity index (χ2v) is 3.56. The number of benzene rings is 1. The lowest BCUT2D eigenvalue weighted by Crippen LogP contribution is -2.08. The minimum absolute atomic E-state index is 0.660. The third kappa shape index (κ3) is 2.23. The third-order valence-electron chi connectivity index (χ3n) is 2.39. The summed E-state index contributed by atoms with van der Waals surface area (Å²) >= 11 is 0. The van der Waals surface area contributed by atoms with E-state index in [0.717, 1.165) is 28.8 Å². The van der Waals surface area contributed by atoms with E-state index in [1.807, 2.05) is 24.3 Å². The zero-order valence-corrected chi connectivity index (χ0v) is 9.23. The second kappa shape index (κ2) is 4.81. The molecule has 1 aromatic carbocycles. The number of anilines is 2. The quantitative estimate of drug-likeness (QED) is 0.606. The molecule has 0 saturated heterocycles. The van der Waals surface area contributed by atoms with Crippen molar-refractivity contribution in [3.63, 3.8) is 0 Å². The first-order valence-corrected chi connectivity index (χ1v) is 5.18. The first-order valence-electron chi connectivity index (χ1n) is 5.18. The average molecular weight is 217 g/mol. The molecule has 84 valence electrons. The van der Waals surface area contributed by atoms with Gasteiger partial charge in [-0.25, -0.2) is 4.98 Å². The summed E-state index contributed by atoms with van der Waals surface area (Å²) in [5.41, 5.74) is 6.50. The molecule has 0 fully saturated rings. The van der Waals surface area contributed by atoms with E-state index in [1.165, 1.54) is 0 Å². The molecular formula is C12H15N3O. The zero-order chi connectivity index (χ0) is 11.4. The molecule has 0 amide bonds. The maximum absolute atomic E-state index is 5.73. The van der Waals surface area contributed by atoms with Crippen LogP contribution in [0, 0.1) is 0 Å². The molecule has 0 bridgehead atoms. The van der Waals surface area contributed by atoms with Gasteiger partial charge in [0.15, 0.2) is 0 Å². The van der Waals surface area contributed by atoms with Crippen LogP contribution in [0.15, 0.2) is 30.5 Å². The normalized spacial score (nSPS) is 10.6. The summed E-state index contributed by atoms with van der Waals surface area (Å²) in [5.74, 6) is 0.870. The van der Waals surface area contributed by atoms with E-state index in [-0.39, 0.29) is 0 Å². The van der Waals surface area contributed by atoms with Gasteiger partial charge in [-0.3, -0.25) is 0 Å². The average Bonchev–Trinajstić information content (AvgIpc) is 2.29. The van der Waals surface area contributed by atoms with Crippen LogP contribution >= 0.6 is 0 Å². The minimum atomic E-state index is 0.660. The lowest BCUT2D eigenvalue weighted by Gasteiger charge is -2.08. The monoisotopic (exact) mass is 217 g/mol. The van der Waals surface area contributed by atoms with Crippen LogP contribution in [0.25, 0.3) is 10.8 Å². The molecule has 2 rings (SSSR count). The van der Waals surface area contributed by atoms with Crippen LogP contribution in [0.5, 0.6) is 0 Å². The highest BCUT2D eigenvalue weighted by Crippen LogP contribution is 2.22. The standard InChI is InChI=1S/C12H15N3O/c1-16-7-6-15-12-11-3-2-10(13)8-9(11)4-5-14-12/h2-5,8H,6-7,13H2,1H3,(H,14,15). The maximum atomic E-state index is 5.73. The van der Waals surface area contributed by atoms with Crippen LogP contribution < -0.4 is 11.1 Å². The van der Waals surface area contributed by atoms with Gasteiger partial charge >= 0.3 is 0 Å². The van der Waals surface area contributed by atoms with Crippen LogP contribution in [0.3, 0.4) is 0 Å². The first-order chi connectivity index (χ1) is 7.81. The van der Waals surface area contributed by atoms with Crippen molar-refractivity contribution in [1.29, 1.82) is 0 Å². The van der Waals surface area contributed by atoms with Crippen molar-refractivity contribution < 1.29 is 4.74 Å². The molecule has 4 heteroatoms. The Labute approximate surface area is 94.4 Å². The van der Waals surface area contributed by atoms with Crippen molar-refractivity contribution >= 4 is 22.3 Å². The van der Waals surface area contributed by atoms with Crippen molar-refractivity contribution in [3.05, 3.63) is 30.5 Å². The molecule has 0 unspecified atom stereocenters. The Balaban J connectivity index is 2.30. The molecule has 0 aliphatic heterocycles. The van der Waals surface area contributed by atoms with Crippen molar-refractivity contribution in [2.45, 2.75) is 0 Å². The number of nitrogens with one attached hydrogen (secondary N) is 1. The van der Waals surface area contributed by atoms with Crippen molar-refractivity contribution in [1.82, 2.24) is 4.98 Å². The van der Waals surface area contributed by atoms with Crippen LogP contribution in [0.2, 0.25) is 0 Å². The van der Waals surface area contributed by atoms with Crippen molar-refractivity contribution in [2.75, 3.05) is 31.3 Å². The summed E-state index contributed by atoms with van der Waals surface area (Å²) in [5, 5.41) is 5.40. The number of nitrogens with two attached hydrogens (primary N) is 1. The van der Waals surface area contributed by atoms with Gasteiger partial charge in [-0.2, -0.15) is 0 Å². The van der Waals surface area contributed by atoms with Gasteiger partial charge in [0, 0.05) is 30.9 Å². The fourth-order valence-electron chi connectivity index (χ4n) is 1.61. The molecule has 3 N–H and O–H groups in total.